The number of amides is 3. The minimum Gasteiger partial charge on any atom is -0.383 e. The first kappa shape index (κ1) is 21.1. The molecule has 2 aromatic carbocycles. The van der Waals surface area contributed by atoms with E-state index in [2.05, 4.69) is 10.3 Å². The molecule has 33 heavy (non-hydrogen) atoms. The van der Waals surface area contributed by atoms with Gasteiger partial charge in [0, 0.05) is 42.6 Å². The van der Waals surface area contributed by atoms with Crippen LogP contribution in [0.5, 0.6) is 0 Å². The van der Waals surface area contributed by atoms with Crippen LogP contribution in [-0.4, -0.2) is 66.0 Å². The zero-order chi connectivity index (χ0) is 23.3. The molecule has 3 heterocycles. The van der Waals surface area contributed by atoms with Gasteiger partial charge >= 0.3 is 0 Å². The Morgan fingerprint density at radius 3 is 2.85 bits per heavy atom. The van der Waals surface area contributed by atoms with E-state index >= 15 is 0 Å². The van der Waals surface area contributed by atoms with Gasteiger partial charge < -0.3 is 30.7 Å². The van der Waals surface area contributed by atoms with Crippen LogP contribution >= 0.6 is 0 Å². The van der Waals surface area contributed by atoms with Gasteiger partial charge in [-0.2, -0.15) is 0 Å². The maximum absolute atomic E-state index is 13.1. The number of nitrogens with one attached hydrogen (secondary N) is 1. The predicted octanol–water partition coefficient (Wildman–Crippen LogP) is 0.222. The summed E-state index contributed by atoms with van der Waals surface area (Å²) >= 11 is 0. The zero-order valence-electron chi connectivity index (χ0n) is 17.9. The van der Waals surface area contributed by atoms with Crippen LogP contribution in [0.25, 0.3) is 0 Å². The van der Waals surface area contributed by atoms with Crippen molar-refractivity contribution < 1.29 is 24.2 Å². The highest BCUT2D eigenvalue weighted by Crippen LogP contribution is 2.28. The van der Waals surface area contributed by atoms with E-state index in [9.17, 15) is 19.5 Å². The van der Waals surface area contributed by atoms with Crippen LogP contribution in [0.4, 0.5) is 11.4 Å². The first-order chi connectivity index (χ1) is 15.8. The molecular weight excluding hydrogens is 426 g/mol. The van der Waals surface area contributed by atoms with Crippen LogP contribution in [0.1, 0.15) is 27.0 Å². The van der Waals surface area contributed by atoms with Gasteiger partial charge in [0.05, 0.1) is 13.2 Å². The zero-order valence-corrected chi connectivity index (χ0v) is 17.9. The number of hydrogen-bond acceptors (Lipinski definition) is 7. The van der Waals surface area contributed by atoms with Crippen molar-refractivity contribution in [1.29, 1.82) is 0 Å². The maximum Gasteiger partial charge on any atom is 0.259 e. The topological polar surface area (TPSA) is 138 Å². The summed E-state index contributed by atoms with van der Waals surface area (Å²) in [5.41, 5.74) is 9.92. The summed E-state index contributed by atoms with van der Waals surface area (Å²) in [6.07, 6.45) is -3.07. The minimum atomic E-state index is -1.71. The number of aliphatic hydroxyl groups is 1. The van der Waals surface area contributed by atoms with Gasteiger partial charge in [-0.15, -0.1) is 0 Å². The molecule has 1 unspecified atom stereocenters. The Bertz CT molecular complexity index is 1210. The standard InChI is InChI=1S/C23H23N5O5/c1-27-11-12-2-4-15(9-17(12)22(27)31)28-6-7-33-19(23(28)32)18(29)21(30)26-14-3-5-16-13(8-14)10-25-20(16)24/h2-5,8-9,18-19,29H,6-7,10-11H2,1H3,(H2,24,25)(H,26,30)/t18?,19-/m1/s1. The number of anilines is 2. The number of amidine groups is 1. The number of aliphatic hydroxyl groups excluding tert-OH is 1. The highest BCUT2D eigenvalue weighted by Gasteiger charge is 2.40. The van der Waals surface area contributed by atoms with Gasteiger partial charge in [-0.05, 0) is 41.5 Å². The Labute approximate surface area is 189 Å². The van der Waals surface area contributed by atoms with Gasteiger partial charge in [0.15, 0.2) is 12.2 Å². The lowest BCUT2D eigenvalue weighted by atomic mass is 10.1. The molecule has 3 amide bonds. The SMILES string of the molecule is CN1Cc2ccc(N3CCO[C@H](C(O)C(=O)Nc4ccc5c(c4)CN=C5N)C3=O)cc2C1=O. The van der Waals surface area contributed by atoms with Gasteiger partial charge in [-0.25, -0.2) is 0 Å². The van der Waals surface area contributed by atoms with Crippen molar-refractivity contribution in [3.05, 3.63) is 58.7 Å². The molecule has 3 aliphatic rings. The first-order valence-electron chi connectivity index (χ1n) is 10.6. The number of morpholine rings is 1. The summed E-state index contributed by atoms with van der Waals surface area (Å²) in [5.74, 6) is -0.959. The second-order valence-electron chi connectivity index (χ2n) is 8.29. The number of carbonyl (C=O) groups excluding carboxylic acids is 3. The molecule has 5 rings (SSSR count). The second kappa shape index (κ2) is 7.98. The third-order valence-corrected chi connectivity index (χ3v) is 6.14. The molecule has 3 aliphatic heterocycles. The molecule has 0 radical (unpaired) electrons. The number of aliphatic imine (C=N–C) groups is 1. The van der Waals surface area contributed by atoms with E-state index in [4.69, 9.17) is 10.5 Å². The van der Waals surface area contributed by atoms with Crippen LogP contribution in [0, 0.1) is 0 Å². The Morgan fingerprint density at radius 1 is 1.21 bits per heavy atom. The lowest BCUT2D eigenvalue weighted by molar-refractivity contribution is -0.150. The van der Waals surface area contributed by atoms with E-state index < -0.39 is 24.0 Å². The monoisotopic (exact) mass is 449 g/mol. The fourth-order valence-corrected chi connectivity index (χ4v) is 4.35. The Hall–Kier alpha value is -3.76. The highest BCUT2D eigenvalue weighted by molar-refractivity contribution is 6.06. The number of benzene rings is 2. The number of rotatable bonds is 4. The number of ether oxygens (including phenoxy) is 1. The summed E-state index contributed by atoms with van der Waals surface area (Å²) in [7, 11) is 1.72. The number of fused-ring (bicyclic) bond motifs is 2. The molecule has 170 valence electrons. The molecule has 4 N–H and O–H groups in total. The fraction of sp³-hybridized carbons (Fsp3) is 0.304. The molecule has 2 atom stereocenters. The third kappa shape index (κ3) is 3.62. The van der Waals surface area contributed by atoms with Crippen LogP contribution in [-0.2, 0) is 27.4 Å². The van der Waals surface area contributed by atoms with E-state index in [1.165, 1.54) is 4.90 Å². The number of nitrogens with two attached hydrogens (primary N) is 1. The largest absolute Gasteiger partial charge is 0.383 e. The average Bonchev–Trinajstić information content (AvgIpc) is 3.32. The van der Waals surface area contributed by atoms with Crippen LogP contribution in [0.2, 0.25) is 0 Å². The van der Waals surface area contributed by atoms with Crippen molar-refractivity contribution in [2.45, 2.75) is 25.3 Å². The van der Waals surface area contributed by atoms with Crippen molar-refractivity contribution >= 4 is 34.9 Å². The van der Waals surface area contributed by atoms with E-state index in [-0.39, 0.29) is 19.1 Å². The highest BCUT2D eigenvalue weighted by atomic mass is 16.5. The van der Waals surface area contributed by atoms with E-state index in [1.807, 2.05) is 6.07 Å². The summed E-state index contributed by atoms with van der Waals surface area (Å²) in [5, 5.41) is 13.2. The van der Waals surface area contributed by atoms with Crippen molar-refractivity contribution in [2.24, 2.45) is 10.7 Å². The molecule has 0 spiro atoms. The summed E-state index contributed by atoms with van der Waals surface area (Å²) in [6.45, 7) is 1.33. The van der Waals surface area contributed by atoms with E-state index in [0.717, 1.165) is 16.7 Å². The summed E-state index contributed by atoms with van der Waals surface area (Å²) < 4.78 is 5.47. The molecule has 10 heteroatoms. The molecule has 10 nitrogen and oxygen atoms in total. The number of carbonyl (C=O) groups is 3. The van der Waals surface area contributed by atoms with Gasteiger partial charge in [-0.3, -0.25) is 19.4 Å². The molecule has 0 bridgehead atoms. The van der Waals surface area contributed by atoms with Gasteiger partial charge in [-0.1, -0.05) is 6.07 Å². The van der Waals surface area contributed by atoms with E-state index in [0.29, 0.717) is 35.9 Å². The van der Waals surface area contributed by atoms with Gasteiger partial charge in [0.1, 0.15) is 5.84 Å². The lowest BCUT2D eigenvalue weighted by Gasteiger charge is -2.34. The minimum absolute atomic E-state index is 0.106. The van der Waals surface area contributed by atoms with Crippen molar-refractivity contribution in [3.63, 3.8) is 0 Å². The molecule has 1 fully saturated rings. The van der Waals surface area contributed by atoms with E-state index in [1.54, 1.807) is 42.3 Å². The van der Waals surface area contributed by atoms with Crippen molar-refractivity contribution in [2.75, 3.05) is 30.4 Å². The van der Waals surface area contributed by atoms with Crippen molar-refractivity contribution in [1.82, 2.24) is 4.90 Å². The smallest absolute Gasteiger partial charge is 0.259 e. The third-order valence-electron chi connectivity index (χ3n) is 6.14. The molecule has 0 saturated carbocycles. The van der Waals surface area contributed by atoms with Crippen molar-refractivity contribution in [3.8, 4) is 0 Å². The molecule has 0 aliphatic carbocycles. The van der Waals surface area contributed by atoms with Crippen LogP contribution in [0.15, 0.2) is 41.4 Å². The molecule has 1 saturated heterocycles. The lowest BCUT2D eigenvalue weighted by Crippen LogP contribution is -2.55. The maximum atomic E-state index is 13.1. The average molecular weight is 449 g/mol. The molecule has 0 aromatic heterocycles. The Morgan fingerprint density at radius 2 is 2.03 bits per heavy atom. The number of nitrogens with zero attached hydrogens (tertiary/aromatic N) is 3. The van der Waals surface area contributed by atoms with Crippen LogP contribution in [0.3, 0.4) is 0 Å². The Kier molecular flexibility index (Phi) is 5.10. The summed E-state index contributed by atoms with van der Waals surface area (Å²) in [6, 6.07) is 10.4. The Balaban J connectivity index is 1.30. The van der Waals surface area contributed by atoms with Gasteiger partial charge in [0.2, 0.25) is 0 Å². The molecule has 2 aromatic rings. The number of hydrogen-bond donors (Lipinski definition) is 3. The second-order valence-corrected chi connectivity index (χ2v) is 8.29. The van der Waals surface area contributed by atoms with Crippen LogP contribution < -0.4 is 16.0 Å². The van der Waals surface area contributed by atoms with Gasteiger partial charge in [0.25, 0.3) is 17.7 Å². The summed E-state index contributed by atoms with van der Waals surface area (Å²) in [4.78, 5) is 45.3. The molecular formula is C23H23N5O5. The normalized spacial score (nSPS) is 20.4. The first-order valence-corrected chi connectivity index (χ1v) is 10.6. The predicted molar refractivity (Wildman–Crippen MR) is 120 cm³/mol. The fourth-order valence-electron chi connectivity index (χ4n) is 4.35. The quantitative estimate of drug-likeness (QED) is 0.611.